The Kier molecular flexibility index (Phi) is 7.03. The van der Waals surface area contributed by atoms with Gasteiger partial charge in [0.1, 0.15) is 11.0 Å². The number of fused-ring (bicyclic) bond motifs is 5. The van der Waals surface area contributed by atoms with Crippen molar-refractivity contribution in [2.45, 2.75) is 13.8 Å². The van der Waals surface area contributed by atoms with Gasteiger partial charge < -0.3 is 0 Å². The molecule has 0 saturated heterocycles. The Balaban J connectivity index is 1.07. The largest absolute Gasteiger partial charge is 0.247 e. The van der Waals surface area contributed by atoms with Crippen LogP contribution in [-0.2, 0) is 0 Å². The van der Waals surface area contributed by atoms with Gasteiger partial charge >= 0.3 is 0 Å². The molecule has 0 amide bonds. The standard InChI is InChI=1S/C43H29N5S/c1-26-7-11-30(12-8-26)38-25-39(46-43(45-38)33-13-9-27(2)10-14-33)31-19-15-28(16-20-31)29-17-21-32(22-18-29)41-35-23-24-37-42(48-49-47-37)40(35)34-5-3-4-6-36(34)44-41/h3-25H,1-2H3. The van der Waals surface area contributed by atoms with Crippen LogP contribution in [0.1, 0.15) is 11.1 Å². The quantitative estimate of drug-likeness (QED) is 0.174. The molecule has 6 aromatic carbocycles. The van der Waals surface area contributed by atoms with E-state index in [-0.39, 0.29) is 0 Å². The molecule has 0 N–H and O–H groups in total. The van der Waals surface area contributed by atoms with E-state index < -0.39 is 0 Å². The van der Waals surface area contributed by atoms with Crippen molar-refractivity contribution < 1.29 is 0 Å². The normalized spacial score (nSPS) is 11.5. The van der Waals surface area contributed by atoms with Crippen LogP contribution in [-0.4, -0.2) is 23.7 Å². The molecule has 0 unspecified atom stereocenters. The lowest BCUT2D eigenvalue weighted by Gasteiger charge is -2.12. The highest BCUT2D eigenvalue weighted by Crippen LogP contribution is 2.37. The Hall–Kier alpha value is -6.11. The maximum absolute atomic E-state index is 5.12. The number of hydrogen-bond acceptors (Lipinski definition) is 6. The molecule has 9 rings (SSSR count). The minimum Gasteiger partial charge on any atom is -0.247 e. The van der Waals surface area contributed by atoms with Gasteiger partial charge in [0.2, 0.25) is 0 Å². The highest BCUT2D eigenvalue weighted by Gasteiger charge is 2.16. The molecule has 0 aliphatic rings. The average Bonchev–Trinajstić information content (AvgIpc) is 3.64. The fraction of sp³-hybridized carbons (Fsp3) is 0.0465. The van der Waals surface area contributed by atoms with E-state index in [2.05, 4.69) is 150 Å². The van der Waals surface area contributed by atoms with Crippen LogP contribution in [0.5, 0.6) is 0 Å². The molecular formula is C43H29N5S. The van der Waals surface area contributed by atoms with E-state index in [1.807, 2.05) is 12.1 Å². The Morgan fingerprint density at radius 3 is 1.63 bits per heavy atom. The Morgan fingerprint density at radius 1 is 0.429 bits per heavy atom. The minimum absolute atomic E-state index is 0.717. The van der Waals surface area contributed by atoms with Crippen LogP contribution in [0, 0.1) is 13.8 Å². The van der Waals surface area contributed by atoms with Gasteiger partial charge in [-0.05, 0) is 49.2 Å². The third-order valence-corrected chi connectivity index (χ3v) is 9.69. The van der Waals surface area contributed by atoms with Crippen LogP contribution >= 0.6 is 11.7 Å². The number of rotatable bonds is 5. The fourth-order valence-corrected chi connectivity index (χ4v) is 7.00. The predicted molar refractivity (Wildman–Crippen MR) is 202 cm³/mol. The molecule has 5 nitrogen and oxygen atoms in total. The highest BCUT2D eigenvalue weighted by atomic mass is 32.1. The third kappa shape index (κ3) is 5.32. The molecule has 3 heterocycles. The van der Waals surface area contributed by atoms with Crippen LogP contribution in [0.25, 0.3) is 89.0 Å². The lowest BCUT2D eigenvalue weighted by atomic mass is 9.97. The molecule has 0 aliphatic carbocycles. The maximum Gasteiger partial charge on any atom is 0.160 e. The molecule has 9 aromatic rings. The number of benzene rings is 6. The number of hydrogen-bond donors (Lipinski definition) is 0. The lowest BCUT2D eigenvalue weighted by molar-refractivity contribution is 1.18. The van der Waals surface area contributed by atoms with E-state index in [1.54, 1.807) is 0 Å². The van der Waals surface area contributed by atoms with E-state index in [0.717, 1.165) is 83.2 Å². The predicted octanol–water partition coefficient (Wildman–Crippen LogP) is 11.1. The molecule has 0 atom stereocenters. The van der Waals surface area contributed by atoms with Gasteiger partial charge in [-0.2, -0.15) is 8.75 Å². The minimum atomic E-state index is 0.717. The van der Waals surface area contributed by atoms with E-state index in [1.165, 1.54) is 22.9 Å². The summed E-state index contributed by atoms with van der Waals surface area (Å²) < 4.78 is 9.15. The first-order valence-corrected chi connectivity index (χ1v) is 17.0. The third-order valence-electron chi connectivity index (χ3n) is 9.14. The Morgan fingerprint density at radius 2 is 0.980 bits per heavy atom. The molecule has 232 valence electrons. The van der Waals surface area contributed by atoms with Crippen molar-refractivity contribution in [3.63, 3.8) is 0 Å². The first kappa shape index (κ1) is 29.1. The van der Waals surface area contributed by atoms with Crippen molar-refractivity contribution in [3.05, 3.63) is 151 Å². The van der Waals surface area contributed by atoms with Crippen molar-refractivity contribution in [1.82, 2.24) is 23.7 Å². The van der Waals surface area contributed by atoms with Crippen molar-refractivity contribution in [1.29, 1.82) is 0 Å². The van der Waals surface area contributed by atoms with Crippen molar-refractivity contribution in [2.75, 3.05) is 0 Å². The summed E-state index contributed by atoms with van der Waals surface area (Å²) in [6.45, 7) is 4.19. The molecule has 3 aromatic heterocycles. The lowest BCUT2D eigenvalue weighted by Crippen LogP contribution is -1.96. The van der Waals surface area contributed by atoms with Gasteiger partial charge in [-0.3, -0.25) is 0 Å². The first-order valence-electron chi connectivity index (χ1n) is 16.3. The number of pyridine rings is 1. The monoisotopic (exact) mass is 647 g/mol. The van der Waals surface area contributed by atoms with E-state index in [9.17, 15) is 0 Å². The zero-order chi connectivity index (χ0) is 32.9. The van der Waals surface area contributed by atoms with Crippen molar-refractivity contribution in [2.24, 2.45) is 0 Å². The molecule has 0 saturated carbocycles. The van der Waals surface area contributed by atoms with E-state index in [0.29, 0.717) is 5.82 Å². The number of aromatic nitrogens is 5. The number of aryl methyl sites for hydroxylation is 2. The highest BCUT2D eigenvalue weighted by molar-refractivity contribution is 7.00. The number of nitrogens with zero attached hydrogens (tertiary/aromatic N) is 5. The fourth-order valence-electron chi connectivity index (χ4n) is 6.46. The SMILES string of the molecule is Cc1ccc(-c2cc(-c3ccc(-c4ccc(-c5nc6ccccc6c6c5ccc5nsnc56)cc4)cc3)nc(-c3ccc(C)cc3)n2)cc1. The van der Waals surface area contributed by atoms with Crippen LogP contribution < -0.4 is 0 Å². The first-order chi connectivity index (χ1) is 24.1. The molecule has 0 aliphatic heterocycles. The van der Waals surface area contributed by atoms with Gasteiger partial charge in [-0.25, -0.2) is 15.0 Å². The molecule has 0 spiro atoms. The summed E-state index contributed by atoms with van der Waals surface area (Å²) in [5.74, 6) is 0.717. The van der Waals surface area contributed by atoms with Crippen molar-refractivity contribution >= 4 is 44.4 Å². The molecular weight excluding hydrogens is 619 g/mol. The second-order valence-corrected chi connectivity index (χ2v) is 13.0. The average molecular weight is 648 g/mol. The zero-order valence-corrected chi connectivity index (χ0v) is 27.7. The Labute approximate surface area is 288 Å². The second kappa shape index (κ2) is 11.8. The topological polar surface area (TPSA) is 64.5 Å². The van der Waals surface area contributed by atoms with Gasteiger partial charge in [0.15, 0.2) is 5.82 Å². The molecule has 0 fully saturated rings. The van der Waals surface area contributed by atoms with Crippen LogP contribution in [0.15, 0.2) is 140 Å². The van der Waals surface area contributed by atoms with Crippen LogP contribution in [0.2, 0.25) is 0 Å². The molecule has 0 bridgehead atoms. The zero-order valence-electron chi connectivity index (χ0n) is 26.9. The number of para-hydroxylation sites is 1. The summed E-state index contributed by atoms with van der Waals surface area (Å²) in [4.78, 5) is 15.1. The second-order valence-electron chi connectivity index (χ2n) is 12.4. The smallest absolute Gasteiger partial charge is 0.160 e. The summed E-state index contributed by atoms with van der Waals surface area (Å²) in [7, 11) is 0. The summed E-state index contributed by atoms with van der Waals surface area (Å²) in [6.07, 6.45) is 0. The summed E-state index contributed by atoms with van der Waals surface area (Å²) in [6, 6.07) is 48.7. The van der Waals surface area contributed by atoms with Gasteiger partial charge in [0.25, 0.3) is 0 Å². The Bertz CT molecular complexity index is 2580. The van der Waals surface area contributed by atoms with Crippen molar-refractivity contribution in [3.8, 4) is 56.3 Å². The molecule has 0 radical (unpaired) electrons. The summed E-state index contributed by atoms with van der Waals surface area (Å²) in [5.41, 5.74) is 14.4. The van der Waals surface area contributed by atoms with Gasteiger partial charge in [-0.15, -0.1) is 0 Å². The van der Waals surface area contributed by atoms with Gasteiger partial charge in [0, 0.05) is 38.4 Å². The van der Waals surface area contributed by atoms with Gasteiger partial charge in [0.05, 0.1) is 34.3 Å². The van der Waals surface area contributed by atoms with Crippen LogP contribution in [0.4, 0.5) is 0 Å². The van der Waals surface area contributed by atoms with E-state index >= 15 is 0 Å². The summed E-state index contributed by atoms with van der Waals surface area (Å²) in [5, 5.41) is 3.28. The van der Waals surface area contributed by atoms with Crippen LogP contribution in [0.3, 0.4) is 0 Å². The molecule has 49 heavy (non-hydrogen) atoms. The van der Waals surface area contributed by atoms with E-state index in [4.69, 9.17) is 15.0 Å². The van der Waals surface area contributed by atoms with Gasteiger partial charge in [-0.1, -0.05) is 126 Å². The molecule has 6 heteroatoms. The summed E-state index contributed by atoms with van der Waals surface area (Å²) >= 11 is 1.25. The maximum atomic E-state index is 5.12.